The average molecular weight is 453 g/mol. The van der Waals surface area contributed by atoms with Gasteiger partial charge in [0.25, 0.3) is 0 Å². The number of hydrogen-bond donors (Lipinski definition) is 0. The van der Waals surface area contributed by atoms with Crippen molar-refractivity contribution < 1.29 is 8.83 Å². The minimum atomic E-state index is 0.681. The Morgan fingerprint density at radius 1 is 0.679 bits per heavy atom. The molecule has 146 valence electrons. The number of hydrogen-bond acceptors (Lipinski definition) is 6. The van der Waals surface area contributed by atoms with E-state index < -0.39 is 0 Å². The van der Waals surface area contributed by atoms with Crippen LogP contribution in [0.3, 0.4) is 0 Å². The molecule has 0 radical (unpaired) electrons. The van der Waals surface area contributed by atoms with Crippen LogP contribution in [0.15, 0.2) is 55.0 Å². The standard InChI is InChI=1S/C20H18Cl2N2O2S2/c1-23(2)19-17(13-9-11(21)5-7-15(13)25-19)27-28-18-14-10-12(22)6-8-16(14)26-20(18)24(3)4/h5-10H,1-4H3. The Labute approximate surface area is 181 Å². The quantitative estimate of drug-likeness (QED) is 0.293. The van der Waals surface area contributed by atoms with Gasteiger partial charge in [0.05, 0.1) is 9.79 Å². The third kappa shape index (κ3) is 3.54. The molecule has 0 spiro atoms. The van der Waals surface area contributed by atoms with Gasteiger partial charge in [-0.3, -0.25) is 0 Å². The predicted octanol–water partition coefficient (Wildman–Crippen LogP) is 7.42. The van der Waals surface area contributed by atoms with Gasteiger partial charge in [0.2, 0.25) is 11.8 Å². The lowest BCUT2D eigenvalue weighted by Crippen LogP contribution is -2.08. The van der Waals surface area contributed by atoms with Crippen LogP contribution in [0.2, 0.25) is 10.0 Å². The molecule has 0 unspecified atom stereocenters. The van der Waals surface area contributed by atoms with E-state index in [1.807, 2.05) is 74.4 Å². The minimum absolute atomic E-state index is 0.681. The Morgan fingerprint density at radius 2 is 1.07 bits per heavy atom. The van der Waals surface area contributed by atoms with Gasteiger partial charge in [-0.2, -0.15) is 0 Å². The molecule has 0 N–H and O–H groups in total. The van der Waals surface area contributed by atoms with Crippen molar-refractivity contribution >= 4 is 78.5 Å². The summed E-state index contributed by atoms with van der Waals surface area (Å²) in [6.45, 7) is 0. The van der Waals surface area contributed by atoms with E-state index in [1.54, 1.807) is 21.6 Å². The number of fused-ring (bicyclic) bond motifs is 2. The SMILES string of the molecule is CN(C)c1oc2ccc(Cl)cc2c1SSc1c(N(C)C)oc2ccc(Cl)cc12. The van der Waals surface area contributed by atoms with E-state index in [0.717, 1.165) is 43.5 Å². The molecular formula is C20H18Cl2N2O2S2. The Bertz CT molecular complexity index is 1080. The van der Waals surface area contributed by atoms with Crippen LogP contribution in [0.4, 0.5) is 11.8 Å². The summed E-state index contributed by atoms with van der Waals surface area (Å²) < 4.78 is 12.1. The van der Waals surface area contributed by atoms with Crippen LogP contribution in [0.25, 0.3) is 21.9 Å². The molecule has 4 rings (SSSR count). The lowest BCUT2D eigenvalue weighted by atomic mass is 10.2. The van der Waals surface area contributed by atoms with Crippen molar-refractivity contribution in [1.82, 2.24) is 0 Å². The molecule has 0 saturated heterocycles. The lowest BCUT2D eigenvalue weighted by molar-refractivity contribution is 0.602. The van der Waals surface area contributed by atoms with Crippen LogP contribution >= 0.6 is 44.8 Å². The third-order valence-electron chi connectivity index (χ3n) is 4.19. The zero-order valence-corrected chi connectivity index (χ0v) is 18.9. The largest absolute Gasteiger partial charge is 0.439 e. The summed E-state index contributed by atoms with van der Waals surface area (Å²) in [5.41, 5.74) is 1.62. The highest BCUT2D eigenvalue weighted by Gasteiger charge is 2.22. The lowest BCUT2D eigenvalue weighted by Gasteiger charge is -2.12. The van der Waals surface area contributed by atoms with Crippen molar-refractivity contribution in [3.05, 3.63) is 46.4 Å². The fraction of sp³-hybridized carbons (Fsp3) is 0.200. The molecule has 0 saturated carbocycles. The van der Waals surface area contributed by atoms with Gasteiger partial charge in [-0.25, -0.2) is 0 Å². The van der Waals surface area contributed by atoms with Crippen molar-refractivity contribution in [3.63, 3.8) is 0 Å². The molecule has 0 aliphatic rings. The molecule has 2 aromatic heterocycles. The van der Waals surface area contributed by atoms with Crippen LogP contribution in [-0.2, 0) is 0 Å². The molecule has 0 fully saturated rings. The average Bonchev–Trinajstić information content (AvgIpc) is 3.18. The van der Waals surface area contributed by atoms with Gasteiger partial charge < -0.3 is 18.6 Å². The first kappa shape index (κ1) is 19.7. The molecular weight excluding hydrogens is 435 g/mol. The van der Waals surface area contributed by atoms with E-state index in [-0.39, 0.29) is 0 Å². The summed E-state index contributed by atoms with van der Waals surface area (Å²) in [6.07, 6.45) is 0. The van der Waals surface area contributed by atoms with Crippen LogP contribution < -0.4 is 9.80 Å². The second-order valence-corrected chi connectivity index (χ2v) is 9.73. The number of furan rings is 2. The maximum atomic E-state index is 6.23. The first-order valence-electron chi connectivity index (χ1n) is 8.48. The number of nitrogens with zero attached hydrogens (tertiary/aromatic N) is 2. The van der Waals surface area contributed by atoms with Crippen LogP contribution in [0, 0.1) is 0 Å². The van der Waals surface area contributed by atoms with Crippen LogP contribution in [-0.4, -0.2) is 28.2 Å². The Balaban J connectivity index is 1.80. The van der Waals surface area contributed by atoms with Gasteiger partial charge >= 0.3 is 0 Å². The Morgan fingerprint density at radius 3 is 1.43 bits per heavy atom. The first-order valence-corrected chi connectivity index (χ1v) is 11.4. The van der Waals surface area contributed by atoms with E-state index in [1.165, 1.54) is 0 Å². The van der Waals surface area contributed by atoms with Gasteiger partial charge in [-0.1, -0.05) is 23.2 Å². The first-order chi connectivity index (χ1) is 13.3. The molecule has 0 atom stereocenters. The van der Waals surface area contributed by atoms with Gasteiger partial charge in [0.15, 0.2) is 0 Å². The predicted molar refractivity (Wildman–Crippen MR) is 123 cm³/mol. The van der Waals surface area contributed by atoms with E-state index in [4.69, 9.17) is 32.0 Å². The second kappa shape index (κ2) is 7.67. The molecule has 0 aliphatic heterocycles. The molecule has 4 aromatic rings. The van der Waals surface area contributed by atoms with Crippen LogP contribution in [0.5, 0.6) is 0 Å². The van der Waals surface area contributed by atoms with E-state index in [2.05, 4.69) is 0 Å². The maximum Gasteiger partial charge on any atom is 0.210 e. The number of anilines is 2. The van der Waals surface area contributed by atoms with Crippen molar-refractivity contribution in [3.8, 4) is 0 Å². The highest BCUT2D eigenvalue weighted by Crippen LogP contribution is 2.52. The third-order valence-corrected chi connectivity index (χ3v) is 7.12. The summed E-state index contributed by atoms with van der Waals surface area (Å²) in [5, 5.41) is 3.34. The van der Waals surface area contributed by atoms with Crippen LogP contribution in [0.1, 0.15) is 0 Å². The number of halogens is 2. The summed E-state index contributed by atoms with van der Waals surface area (Å²) in [4.78, 5) is 5.98. The normalized spacial score (nSPS) is 11.5. The molecule has 0 amide bonds. The molecule has 28 heavy (non-hydrogen) atoms. The fourth-order valence-corrected chi connectivity index (χ4v) is 5.97. The van der Waals surface area contributed by atoms with E-state index in [9.17, 15) is 0 Å². The second-order valence-electron chi connectivity index (χ2n) is 6.71. The number of rotatable bonds is 5. The zero-order chi connectivity index (χ0) is 20.0. The fourth-order valence-electron chi connectivity index (χ4n) is 2.90. The summed E-state index contributed by atoms with van der Waals surface area (Å²) in [7, 11) is 11.1. The maximum absolute atomic E-state index is 6.23. The zero-order valence-electron chi connectivity index (χ0n) is 15.7. The van der Waals surface area contributed by atoms with Gasteiger partial charge in [-0.15, -0.1) is 0 Å². The molecule has 2 aromatic carbocycles. The molecule has 4 nitrogen and oxygen atoms in total. The smallest absolute Gasteiger partial charge is 0.210 e. The summed E-state index contributed by atoms with van der Waals surface area (Å²) in [5.74, 6) is 1.60. The minimum Gasteiger partial charge on any atom is -0.439 e. The molecule has 8 heteroatoms. The van der Waals surface area contributed by atoms with Crippen molar-refractivity contribution in [2.45, 2.75) is 9.79 Å². The van der Waals surface area contributed by atoms with Crippen molar-refractivity contribution in [2.75, 3.05) is 38.0 Å². The highest BCUT2D eigenvalue weighted by molar-refractivity contribution is 8.76. The van der Waals surface area contributed by atoms with Gasteiger partial charge in [0.1, 0.15) is 11.2 Å². The monoisotopic (exact) mass is 452 g/mol. The number of benzene rings is 2. The molecule has 0 bridgehead atoms. The van der Waals surface area contributed by atoms with Crippen molar-refractivity contribution in [1.29, 1.82) is 0 Å². The molecule has 0 aliphatic carbocycles. The summed E-state index contributed by atoms with van der Waals surface area (Å²) in [6, 6.07) is 11.4. The Kier molecular flexibility index (Phi) is 5.40. The van der Waals surface area contributed by atoms with Crippen molar-refractivity contribution in [2.24, 2.45) is 0 Å². The van der Waals surface area contributed by atoms with Gasteiger partial charge in [0, 0.05) is 49.0 Å². The van der Waals surface area contributed by atoms with E-state index >= 15 is 0 Å². The topological polar surface area (TPSA) is 32.8 Å². The summed E-state index contributed by atoms with van der Waals surface area (Å²) >= 11 is 12.5. The highest BCUT2D eigenvalue weighted by atomic mass is 35.5. The van der Waals surface area contributed by atoms with Gasteiger partial charge in [-0.05, 0) is 58.0 Å². The molecule has 2 heterocycles. The van der Waals surface area contributed by atoms with E-state index in [0.29, 0.717) is 10.0 Å². The Hall–Kier alpha value is -1.60.